The maximum atomic E-state index is 12.6. The summed E-state index contributed by atoms with van der Waals surface area (Å²) in [5, 5.41) is 9.17. The maximum Gasteiger partial charge on any atom is 0.326 e. The number of carbonyl (C=O) groups is 2. The topological polar surface area (TPSA) is 83.4 Å². The second-order valence-corrected chi connectivity index (χ2v) is 4.72. The molecule has 1 aromatic heterocycles. The van der Waals surface area contributed by atoms with Gasteiger partial charge in [0.15, 0.2) is 0 Å². The van der Waals surface area contributed by atoms with Gasteiger partial charge in [0.05, 0.1) is 11.1 Å². The highest BCUT2D eigenvalue weighted by molar-refractivity contribution is 6.05. The lowest BCUT2D eigenvalue weighted by atomic mass is 10.1. The van der Waals surface area contributed by atoms with Crippen LogP contribution in [0, 0.1) is 0 Å². The first-order chi connectivity index (χ1) is 9.68. The van der Waals surface area contributed by atoms with E-state index in [-0.39, 0.29) is 5.91 Å². The molecule has 1 fully saturated rings. The van der Waals surface area contributed by atoms with Crippen molar-refractivity contribution in [3.05, 3.63) is 36.2 Å². The van der Waals surface area contributed by atoms with Gasteiger partial charge >= 0.3 is 5.97 Å². The van der Waals surface area contributed by atoms with Crippen LogP contribution < -0.4 is 0 Å². The second-order valence-electron chi connectivity index (χ2n) is 4.72. The number of carboxylic acid groups (broad SMARTS) is 1. The van der Waals surface area contributed by atoms with E-state index in [2.05, 4.69) is 9.97 Å². The average molecular weight is 271 g/mol. The molecule has 1 aliphatic rings. The van der Waals surface area contributed by atoms with Gasteiger partial charge in [-0.2, -0.15) is 0 Å². The van der Waals surface area contributed by atoms with Crippen LogP contribution in [0.4, 0.5) is 0 Å². The molecule has 0 spiro atoms. The summed E-state index contributed by atoms with van der Waals surface area (Å²) in [4.78, 5) is 33.5. The molecule has 1 saturated heterocycles. The molecule has 6 nitrogen and oxygen atoms in total. The van der Waals surface area contributed by atoms with Gasteiger partial charge in [-0.15, -0.1) is 0 Å². The number of benzene rings is 1. The first-order valence-electron chi connectivity index (χ1n) is 6.42. The SMILES string of the molecule is O=C(O)[C@H]1CCCN1C(=O)c1cccc2nccnc12. The number of hydrogen-bond donors (Lipinski definition) is 1. The molecule has 1 aromatic carbocycles. The van der Waals surface area contributed by atoms with Gasteiger partial charge in [-0.05, 0) is 25.0 Å². The van der Waals surface area contributed by atoms with Crippen molar-refractivity contribution in [1.29, 1.82) is 0 Å². The van der Waals surface area contributed by atoms with E-state index in [1.54, 1.807) is 24.4 Å². The number of fused-ring (bicyclic) bond motifs is 1. The third kappa shape index (κ3) is 1.99. The molecule has 2 aromatic rings. The minimum Gasteiger partial charge on any atom is -0.480 e. The number of carbonyl (C=O) groups excluding carboxylic acids is 1. The zero-order chi connectivity index (χ0) is 14.1. The fourth-order valence-electron chi connectivity index (χ4n) is 2.59. The van der Waals surface area contributed by atoms with Crippen LogP contribution >= 0.6 is 0 Å². The molecule has 1 aliphatic heterocycles. The van der Waals surface area contributed by atoms with Crippen molar-refractivity contribution in [1.82, 2.24) is 14.9 Å². The van der Waals surface area contributed by atoms with Gasteiger partial charge in [0.25, 0.3) is 5.91 Å². The standard InChI is InChI=1S/C14H13N3O3/c18-13(17-8-2-5-11(17)14(19)20)9-3-1-4-10-12(9)16-7-6-15-10/h1,3-4,6-7,11H,2,5,8H2,(H,19,20)/t11-/m1/s1. The lowest BCUT2D eigenvalue weighted by molar-refractivity contribution is -0.141. The molecule has 1 N–H and O–H groups in total. The van der Waals surface area contributed by atoms with Crippen LogP contribution in [0.2, 0.25) is 0 Å². The van der Waals surface area contributed by atoms with Gasteiger partial charge in [0.2, 0.25) is 0 Å². The van der Waals surface area contributed by atoms with Crippen molar-refractivity contribution >= 4 is 22.9 Å². The third-order valence-electron chi connectivity index (χ3n) is 3.53. The summed E-state index contributed by atoms with van der Waals surface area (Å²) < 4.78 is 0. The molecule has 1 atom stereocenters. The number of rotatable bonds is 2. The summed E-state index contributed by atoms with van der Waals surface area (Å²) in [5.41, 5.74) is 1.55. The summed E-state index contributed by atoms with van der Waals surface area (Å²) in [6, 6.07) is 4.43. The lowest BCUT2D eigenvalue weighted by Gasteiger charge is -2.21. The Balaban J connectivity index is 2.03. The molecule has 0 saturated carbocycles. The van der Waals surface area contributed by atoms with Crippen molar-refractivity contribution in [3.8, 4) is 0 Å². The summed E-state index contributed by atoms with van der Waals surface area (Å²) in [5.74, 6) is -1.25. The monoisotopic (exact) mass is 271 g/mol. The van der Waals surface area contributed by atoms with E-state index in [1.807, 2.05) is 0 Å². The van der Waals surface area contributed by atoms with E-state index in [0.29, 0.717) is 36.0 Å². The Labute approximate surface area is 115 Å². The predicted molar refractivity (Wildman–Crippen MR) is 71.2 cm³/mol. The summed E-state index contributed by atoms with van der Waals surface area (Å²) >= 11 is 0. The smallest absolute Gasteiger partial charge is 0.326 e. The molecule has 0 radical (unpaired) electrons. The van der Waals surface area contributed by atoms with Crippen LogP contribution in [0.1, 0.15) is 23.2 Å². The van der Waals surface area contributed by atoms with Crippen molar-refractivity contribution in [2.24, 2.45) is 0 Å². The van der Waals surface area contributed by atoms with E-state index < -0.39 is 12.0 Å². The normalized spacial score (nSPS) is 18.4. The van der Waals surface area contributed by atoms with Crippen molar-refractivity contribution in [2.45, 2.75) is 18.9 Å². The molecular formula is C14H13N3O3. The Morgan fingerprint density at radius 3 is 2.85 bits per heavy atom. The van der Waals surface area contributed by atoms with Crippen molar-refractivity contribution in [2.75, 3.05) is 6.54 Å². The highest BCUT2D eigenvalue weighted by atomic mass is 16.4. The van der Waals surface area contributed by atoms with E-state index in [0.717, 1.165) is 0 Å². The number of nitrogens with zero attached hydrogens (tertiary/aromatic N) is 3. The predicted octanol–water partition coefficient (Wildman–Crippen LogP) is 1.32. The fourth-order valence-corrected chi connectivity index (χ4v) is 2.59. The fraction of sp³-hybridized carbons (Fsp3) is 0.286. The van der Waals surface area contributed by atoms with Crippen LogP contribution in [-0.4, -0.2) is 44.4 Å². The first-order valence-corrected chi connectivity index (χ1v) is 6.42. The molecule has 0 aliphatic carbocycles. The number of aromatic nitrogens is 2. The Hall–Kier alpha value is -2.50. The highest BCUT2D eigenvalue weighted by Gasteiger charge is 2.35. The number of hydrogen-bond acceptors (Lipinski definition) is 4. The molecule has 3 rings (SSSR count). The molecule has 20 heavy (non-hydrogen) atoms. The summed E-state index contributed by atoms with van der Waals surface area (Å²) in [7, 11) is 0. The minimum atomic E-state index is -0.956. The van der Waals surface area contributed by atoms with Crippen molar-refractivity contribution in [3.63, 3.8) is 0 Å². The minimum absolute atomic E-state index is 0.291. The molecular weight excluding hydrogens is 258 g/mol. The number of carboxylic acids is 1. The van der Waals surface area contributed by atoms with E-state index in [9.17, 15) is 14.7 Å². The quantitative estimate of drug-likeness (QED) is 0.890. The average Bonchev–Trinajstić information content (AvgIpc) is 2.95. The summed E-state index contributed by atoms with van der Waals surface area (Å²) in [6.45, 7) is 0.465. The van der Waals surface area contributed by atoms with Gasteiger partial charge in [-0.1, -0.05) is 6.07 Å². The molecule has 0 unspecified atom stereocenters. The van der Waals surface area contributed by atoms with E-state index >= 15 is 0 Å². The van der Waals surface area contributed by atoms with Gasteiger partial charge in [-0.3, -0.25) is 14.8 Å². The van der Waals surface area contributed by atoms with Crippen molar-refractivity contribution < 1.29 is 14.7 Å². The van der Waals surface area contributed by atoms with Gasteiger partial charge in [0.1, 0.15) is 11.6 Å². The highest BCUT2D eigenvalue weighted by Crippen LogP contribution is 2.23. The van der Waals surface area contributed by atoms with Crippen LogP contribution in [0.15, 0.2) is 30.6 Å². The Kier molecular flexibility index (Phi) is 3.06. The van der Waals surface area contributed by atoms with E-state index in [1.165, 1.54) is 11.1 Å². The Morgan fingerprint density at radius 1 is 1.25 bits per heavy atom. The molecule has 102 valence electrons. The molecule has 1 amide bonds. The third-order valence-corrected chi connectivity index (χ3v) is 3.53. The van der Waals surface area contributed by atoms with Gasteiger partial charge < -0.3 is 10.0 Å². The Morgan fingerprint density at radius 2 is 2.05 bits per heavy atom. The molecule has 6 heteroatoms. The van der Waals surface area contributed by atoms with Crippen LogP contribution in [-0.2, 0) is 4.79 Å². The van der Waals surface area contributed by atoms with Gasteiger partial charge in [-0.25, -0.2) is 4.79 Å². The van der Waals surface area contributed by atoms with Crippen LogP contribution in [0.5, 0.6) is 0 Å². The number of likely N-dealkylation sites (tertiary alicyclic amines) is 1. The van der Waals surface area contributed by atoms with Gasteiger partial charge in [0, 0.05) is 18.9 Å². The first kappa shape index (κ1) is 12.5. The zero-order valence-electron chi connectivity index (χ0n) is 10.7. The number of para-hydroxylation sites is 1. The number of aliphatic carboxylic acids is 1. The maximum absolute atomic E-state index is 12.6. The molecule has 0 bridgehead atoms. The molecule has 2 heterocycles. The van der Waals surface area contributed by atoms with Crippen LogP contribution in [0.25, 0.3) is 11.0 Å². The zero-order valence-corrected chi connectivity index (χ0v) is 10.7. The summed E-state index contributed by atoms with van der Waals surface area (Å²) in [6.07, 6.45) is 4.29. The number of amides is 1. The largest absolute Gasteiger partial charge is 0.480 e. The Bertz CT molecular complexity index is 681. The van der Waals surface area contributed by atoms with Crippen LogP contribution in [0.3, 0.4) is 0 Å². The van der Waals surface area contributed by atoms with E-state index in [4.69, 9.17) is 0 Å². The lowest BCUT2D eigenvalue weighted by Crippen LogP contribution is -2.40. The second kappa shape index (κ2) is 4.88.